The van der Waals surface area contributed by atoms with Crippen molar-refractivity contribution in [2.45, 2.75) is 25.0 Å². The van der Waals surface area contributed by atoms with Crippen molar-refractivity contribution >= 4 is 18.0 Å². The molecule has 28 heavy (non-hydrogen) atoms. The quantitative estimate of drug-likeness (QED) is 0.561. The summed E-state index contributed by atoms with van der Waals surface area (Å²) >= 11 is 0. The van der Waals surface area contributed by atoms with Crippen LogP contribution >= 0.6 is 0 Å². The fourth-order valence-corrected chi connectivity index (χ4v) is 2.67. The predicted octanol–water partition coefficient (Wildman–Crippen LogP) is 3.28. The van der Waals surface area contributed by atoms with Gasteiger partial charge in [0.15, 0.2) is 0 Å². The smallest absolute Gasteiger partial charge is 0.331 e. The lowest BCUT2D eigenvalue weighted by atomic mass is 10.1. The first kappa shape index (κ1) is 19.5. The number of carbonyl (C=O) groups excluding carboxylic acids is 2. The van der Waals surface area contributed by atoms with Crippen LogP contribution in [0.1, 0.15) is 30.1 Å². The molecular formula is C22H23NO5. The molecule has 0 aliphatic heterocycles. The van der Waals surface area contributed by atoms with E-state index < -0.39 is 12.1 Å². The van der Waals surface area contributed by atoms with Gasteiger partial charge in [0.1, 0.15) is 11.5 Å². The van der Waals surface area contributed by atoms with Gasteiger partial charge in [0.2, 0.25) is 6.10 Å². The van der Waals surface area contributed by atoms with Crippen LogP contribution in [0.15, 0.2) is 54.6 Å². The Labute approximate surface area is 164 Å². The molecule has 1 amide bonds. The Kier molecular flexibility index (Phi) is 6.32. The Hall–Kier alpha value is -3.28. The topological polar surface area (TPSA) is 73.9 Å². The number of esters is 1. The third-order valence-corrected chi connectivity index (χ3v) is 4.34. The molecule has 6 heteroatoms. The van der Waals surface area contributed by atoms with Gasteiger partial charge in [-0.2, -0.15) is 0 Å². The highest BCUT2D eigenvalue weighted by Gasteiger charge is 2.30. The molecule has 6 nitrogen and oxygen atoms in total. The van der Waals surface area contributed by atoms with Gasteiger partial charge in [-0.3, -0.25) is 4.79 Å². The van der Waals surface area contributed by atoms with E-state index in [1.54, 1.807) is 55.7 Å². The van der Waals surface area contributed by atoms with Crippen molar-refractivity contribution in [1.82, 2.24) is 5.32 Å². The molecule has 0 unspecified atom stereocenters. The Morgan fingerprint density at radius 1 is 1.07 bits per heavy atom. The van der Waals surface area contributed by atoms with Gasteiger partial charge in [-0.25, -0.2) is 4.79 Å². The summed E-state index contributed by atoms with van der Waals surface area (Å²) in [5.74, 6) is 0.294. The molecule has 1 saturated carbocycles. The molecule has 0 saturated heterocycles. The number of hydrogen-bond donors (Lipinski definition) is 1. The maximum atomic E-state index is 12.5. The van der Waals surface area contributed by atoms with Crippen LogP contribution in [-0.2, 0) is 14.3 Å². The highest BCUT2D eigenvalue weighted by Crippen LogP contribution is 2.26. The molecule has 146 valence electrons. The van der Waals surface area contributed by atoms with E-state index in [0.717, 1.165) is 12.8 Å². The van der Waals surface area contributed by atoms with Crippen LogP contribution in [-0.4, -0.2) is 32.1 Å². The maximum Gasteiger partial charge on any atom is 0.331 e. The van der Waals surface area contributed by atoms with E-state index in [1.165, 1.54) is 13.2 Å². The fourth-order valence-electron chi connectivity index (χ4n) is 2.67. The summed E-state index contributed by atoms with van der Waals surface area (Å²) in [5.41, 5.74) is 1.32. The SMILES string of the molecule is COc1ccc(/C=C/C(=O)O[C@@H](C(=O)NC2CC2)c2ccccc2)c(OC)c1. The Balaban J connectivity index is 1.73. The summed E-state index contributed by atoms with van der Waals surface area (Å²) in [6.07, 6.45) is 3.79. The van der Waals surface area contributed by atoms with E-state index in [0.29, 0.717) is 22.6 Å². The molecule has 1 aliphatic rings. The monoisotopic (exact) mass is 381 g/mol. The number of nitrogens with one attached hydrogen (secondary N) is 1. The Morgan fingerprint density at radius 2 is 1.82 bits per heavy atom. The van der Waals surface area contributed by atoms with Crippen LogP contribution < -0.4 is 14.8 Å². The zero-order chi connectivity index (χ0) is 19.9. The van der Waals surface area contributed by atoms with Crippen LogP contribution in [0.3, 0.4) is 0 Å². The summed E-state index contributed by atoms with van der Waals surface area (Å²) in [6, 6.07) is 14.4. The van der Waals surface area contributed by atoms with Gasteiger partial charge in [0.05, 0.1) is 14.2 Å². The summed E-state index contributed by atoms with van der Waals surface area (Å²) in [4.78, 5) is 24.9. The van der Waals surface area contributed by atoms with Crippen molar-refractivity contribution in [1.29, 1.82) is 0 Å². The van der Waals surface area contributed by atoms with Crippen molar-refractivity contribution in [3.8, 4) is 11.5 Å². The van der Waals surface area contributed by atoms with Gasteiger partial charge in [0, 0.05) is 29.3 Å². The van der Waals surface area contributed by atoms with Crippen LogP contribution in [0.25, 0.3) is 6.08 Å². The highest BCUT2D eigenvalue weighted by atomic mass is 16.5. The number of rotatable bonds is 8. The van der Waals surface area contributed by atoms with E-state index in [2.05, 4.69) is 5.32 Å². The minimum atomic E-state index is -0.989. The number of carbonyl (C=O) groups is 2. The van der Waals surface area contributed by atoms with Crippen molar-refractivity contribution in [2.75, 3.05) is 14.2 Å². The van der Waals surface area contributed by atoms with Crippen LogP contribution in [0.5, 0.6) is 11.5 Å². The first-order chi connectivity index (χ1) is 13.6. The lowest BCUT2D eigenvalue weighted by molar-refractivity contribution is -0.151. The van der Waals surface area contributed by atoms with Crippen molar-refractivity contribution in [2.24, 2.45) is 0 Å². The normalized spacial score (nSPS) is 14.4. The number of methoxy groups -OCH3 is 2. The average Bonchev–Trinajstić information content (AvgIpc) is 3.54. The van der Waals surface area contributed by atoms with Gasteiger partial charge in [-0.15, -0.1) is 0 Å². The van der Waals surface area contributed by atoms with E-state index in [1.807, 2.05) is 6.07 Å². The highest BCUT2D eigenvalue weighted by molar-refractivity contribution is 5.91. The van der Waals surface area contributed by atoms with E-state index >= 15 is 0 Å². The molecule has 0 radical (unpaired) electrons. The van der Waals surface area contributed by atoms with Crippen LogP contribution in [0.4, 0.5) is 0 Å². The molecule has 1 N–H and O–H groups in total. The minimum absolute atomic E-state index is 0.177. The lowest BCUT2D eigenvalue weighted by Crippen LogP contribution is -2.33. The third-order valence-electron chi connectivity index (χ3n) is 4.34. The summed E-state index contributed by atoms with van der Waals surface area (Å²) in [5, 5.41) is 2.89. The zero-order valence-corrected chi connectivity index (χ0v) is 15.9. The largest absolute Gasteiger partial charge is 0.497 e. The lowest BCUT2D eigenvalue weighted by Gasteiger charge is -2.17. The third kappa shape index (κ3) is 5.13. The van der Waals surface area contributed by atoms with E-state index in [4.69, 9.17) is 14.2 Å². The molecule has 1 fully saturated rings. The molecule has 2 aromatic carbocycles. The van der Waals surface area contributed by atoms with Crippen molar-refractivity contribution in [3.05, 3.63) is 65.7 Å². The molecule has 0 spiro atoms. The second-order valence-electron chi connectivity index (χ2n) is 6.45. The molecule has 1 atom stereocenters. The molecule has 2 aromatic rings. The number of hydrogen-bond acceptors (Lipinski definition) is 5. The molecule has 0 heterocycles. The minimum Gasteiger partial charge on any atom is -0.497 e. The average molecular weight is 381 g/mol. The van der Waals surface area contributed by atoms with E-state index in [9.17, 15) is 9.59 Å². The summed E-state index contributed by atoms with van der Waals surface area (Å²) in [7, 11) is 3.11. The molecule has 1 aliphatic carbocycles. The van der Waals surface area contributed by atoms with Crippen LogP contribution in [0, 0.1) is 0 Å². The molecule has 0 aromatic heterocycles. The number of ether oxygens (including phenoxy) is 3. The van der Waals surface area contributed by atoms with Gasteiger partial charge in [-0.1, -0.05) is 30.3 Å². The fraction of sp³-hybridized carbons (Fsp3) is 0.273. The van der Waals surface area contributed by atoms with E-state index in [-0.39, 0.29) is 11.9 Å². The Bertz CT molecular complexity index is 858. The first-order valence-electron chi connectivity index (χ1n) is 9.06. The van der Waals surface area contributed by atoms with Crippen molar-refractivity contribution < 1.29 is 23.8 Å². The first-order valence-corrected chi connectivity index (χ1v) is 9.06. The predicted molar refractivity (Wildman–Crippen MR) is 105 cm³/mol. The second-order valence-corrected chi connectivity index (χ2v) is 6.45. The number of amides is 1. The zero-order valence-electron chi connectivity index (χ0n) is 15.9. The van der Waals surface area contributed by atoms with Gasteiger partial charge in [-0.05, 0) is 31.1 Å². The number of benzene rings is 2. The van der Waals surface area contributed by atoms with Crippen LogP contribution in [0.2, 0.25) is 0 Å². The summed E-state index contributed by atoms with van der Waals surface area (Å²) in [6.45, 7) is 0. The van der Waals surface area contributed by atoms with Gasteiger partial charge in [0.25, 0.3) is 5.91 Å². The van der Waals surface area contributed by atoms with Gasteiger partial charge >= 0.3 is 5.97 Å². The van der Waals surface area contributed by atoms with Gasteiger partial charge < -0.3 is 19.5 Å². The van der Waals surface area contributed by atoms with Crippen molar-refractivity contribution in [3.63, 3.8) is 0 Å². The summed E-state index contributed by atoms with van der Waals surface area (Å²) < 4.78 is 15.9. The second kappa shape index (κ2) is 9.08. The standard InChI is InChI=1S/C22H23NO5/c1-26-18-12-8-15(19(14-18)27-2)9-13-20(24)28-21(16-6-4-3-5-7-16)22(25)23-17-10-11-17/h3-9,12-14,17,21H,10-11H2,1-2H3,(H,23,25)/b13-9+/t21-/m1/s1. The maximum absolute atomic E-state index is 12.5. The molecular weight excluding hydrogens is 358 g/mol. The molecule has 3 rings (SSSR count). The molecule has 0 bridgehead atoms. The Morgan fingerprint density at radius 3 is 2.46 bits per heavy atom.